The smallest absolute Gasteiger partial charge is 0.255 e. The van der Waals surface area contributed by atoms with Gasteiger partial charge in [-0.3, -0.25) is 4.79 Å². The Hall–Kier alpha value is -1.60. The third-order valence-corrected chi connectivity index (χ3v) is 4.36. The van der Waals surface area contributed by atoms with Gasteiger partial charge in [0.25, 0.3) is 5.91 Å². The fourth-order valence-corrected chi connectivity index (χ4v) is 3.14. The van der Waals surface area contributed by atoms with E-state index in [9.17, 15) is 4.79 Å². The van der Waals surface area contributed by atoms with E-state index >= 15 is 0 Å². The molecule has 8 heteroatoms. The Morgan fingerprint density at radius 3 is 2.80 bits per heavy atom. The lowest BCUT2D eigenvalue weighted by Crippen LogP contribution is -2.38. The Bertz CT molecular complexity index is 612. The van der Waals surface area contributed by atoms with Crippen molar-refractivity contribution in [2.45, 2.75) is 0 Å². The standard InChI is InChI=1S/C12H12ClN5OS/c13-11-2-1-9(18-8-14-15-16-18)7-10(11)12(19)17-3-5-20-6-4-17/h1-2,7-8H,3-6H2. The van der Waals surface area contributed by atoms with Crippen molar-refractivity contribution >= 4 is 29.3 Å². The molecule has 0 unspecified atom stereocenters. The zero-order valence-electron chi connectivity index (χ0n) is 10.6. The summed E-state index contributed by atoms with van der Waals surface area (Å²) in [5.41, 5.74) is 1.21. The highest BCUT2D eigenvalue weighted by molar-refractivity contribution is 7.99. The van der Waals surface area contributed by atoms with E-state index in [1.165, 1.54) is 11.0 Å². The zero-order valence-corrected chi connectivity index (χ0v) is 12.1. The highest BCUT2D eigenvalue weighted by Crippen LogP contribution is 2.22. The van der Waals surface area contributed by atoms with Crippen LogP contribution in [-0.4, -0.2) is 55.6 Å². The van der Waals surface area contributed by atoms with Crippen molar-refractivity contribution in [1.29, 1.82) is 0 Å². The Labute approximate surface area is 125 Å². The van der Waals surface area contributed by atoms with E-state index in [0.717, 1.165) is 24.6 Å². The van der Waals surface area contributed by atoms with Crippen LogP contribution in [0.15, 0.2) is 24.5 Å². The van der Waals surface area contributed by atoms with Crippen molar-refractivity contribution in [3.8, 4) is 5.69 Å². The molecule has 0 bridgehead atoms. The fraction of sp³-hybridized carbons (Fsp3) is 0.333. The minimum atomic E-state index is -0.0368. The van der Waals surface area contributed by atoms with Crippen LogP contribution in [0, 0.1) is 0 Å². The Morgan fingerprint density at radius 1 is 1.30 bits per heavy atom. The number of halogens is 1. The number of amides is 1. The third-order valence-electron chi connectivity index (χ3n) is 3.09. The van der Waals surface area contributed by atoms with Crippen LogP contribution >= 0.6 is 23.4 Å². The number of aromatic nitrogens is 4. The van der Waals surface area contributed by atoms with Gasteiger partial charge in [-0.05, 0) is 28.6 Å². The van der Waals surface area contributed by atoms with Crippen molar-refractivity contribution in [3.63, 3.8) is 0 Å². The maximum Gasteiger partial charge on any atom is 0.255 e. The van der Waals surface area contributed by atoms with Gasteiger partial charge in [-0.15, -0.1) is 5.10 Å². The summed E-state index contributed by atoms with van der Waals surface area (Å²) < 4.78 is 1.50. The molecule has 0 saturated carbocycles. The van der Waals surface area contributed by atoms with E-state index in [0.29, 0.717) is 16.3 Å². The van der Waals surface area contributed by atoms with Crippen molar-refractivity contribution in [1.82, 2.24) is 25.1 Å². The minimum Gasteiger partial charge on any atom is -0.337 e. The summed E-state index contributed by atoms with van der Waals surface area (Å²) >= 11 is 8.02. The number of thioether (sulfide) groups is 1. The van der Waals surface area contributed by atoms with Crippen LogP contribution < -0.4 is 0 Å². The van der Waals surface area contributed by atoms with E-state index in [4.69, 9.17) is 11.6 Å². The van der Waals surface area contributed by atoms with Gasteiger partial charge in [0.05, 0.1) is 16.3 Å². The van der Waals surface area contributed by atoms with Gasteiger partial charge >= 0.3 is 0 Å². The quantitative estimate of drug-likeness (QED) is 0.841. The van der Waals surface area contributed by atoms with Crippen LogP contribution in [-0.2, 0) is 0 Å². The molecule has 2 heterocycles. The summed E-state index contributed by atoms with van der Waals surface area (Å²) in [6.07, 6.45) is 1.48. The minimum absolute atomic E-state index is 0.0368. The number of nitrogens with zero attached hydrogens (tertiary/aromatic N) is 5. The molecule has 104 valence electrons. The average Bonchev–Trinajstić information content (AvgIpc) is 3.02. The topological polar surface area (TPSA) is 63.9 Å². The van der Waals surface area contributed by atoms with Gasteiger partial charge in [0, 0.05) is 24.6 Å². The molecule has 0 atom stereocenters. The molecule has 1 aromatic carbocycles. The summed E-state index contributed by atoms with van der Waals surface area (Å²) in [4.78, 5) is 14.3. The lowest BCUT2D eigenvalue weighted by molar-refractivity contribution is 0.0772. The largest absolute Gasteiger partial charge is 0.337 e. The van der Waals surface area contributed by atoms with E-state index in [1.807, 2.05) is 16.7 Å². The predicted octanol–water partition coefficient (Wildman–Crippen LogP) is 1.50. The molecule has 1 amide bonds. The molecule has 2 aromatic rings. The molecule has 0 aliphatic carbocycles. The van der Waals surface area contributed by atoms with Crippen LogP contribution in [0.4, 0.5) is 0 Å². The number of tetrazole rings is 1. The fourth-order valence-electron chi connectivity index (χ4n) is 2.04. The molecule has 6 nitrogen and oxygen atoms in total. The van der Waals surface area contributed by atoms with Crippen molar-refractivity contribution in [3.05, 3.63) is 35.1 Å². The van der Waals surface area contributed by atoms with Gasteiger partial charge in [-0.1, -0.05) is 11.6 Å². The first-order chi connectivity index (χ1) is 9.75. The van der Waals surface area contributed by atoms with E-state index in [2.05, 4.69) is 15.5 Å². The third kappa shape index (κ3) is 2.64. The van der Waals surface area contributed by atoms with Gasteiger partial charge in [-0.2, -0.15) is 11.8 Å². The van der Waals surface area contributed by atoms with E-state index in [1.54, 1.807) is 18.2 Å². The van der Waals surface area contributed by atoms with Crippen molar-refractivity contribution in [2.24, 2.45) is 0 Å². The SMILES string of the molecule is O=C(c1cc(-n2cnnn2)ccc1Cl)N1CCSCC1. The lowest BCUT2D eigenvalue weighted by atomic mass is 10.1. The molecular weight excluding hydrogens is 298 g/mol. The Balaban J connectivity index is 1.92. The summed E-state index contributed by atoms with van der Waals surface area (Å²) in [5.74, 6) is 1.90. The highest BCUT2D eigenvalue weighted by atomic mass is 35.5. The second kappa shape index (κ2) is 5.80. The lowest BCUT2D eigenvalue weighted by Gasteiger charge is -2.26. The first kappa shape index (κ1) is 13.4. The molecule has 0 spiro atoms. The van der Waals surface area contributed by atoms with Gasteiger partial charge in [0.15, 0.2) is 0 Å². The van der Waals surface area contributed by atoms with Crippen LogP contribution in [0.2, 0.25) is 5.02 Å². The van der Waals surface area contributed by atoms with Crippen LogP contribution in [0.1, 0.15) is 10.4 Å². The molecule has 1 aromatic heterocycles. The molecule has 1 aliphatic rings. The Morgan fingerprint density at radius 2 is 2.10 bits per heavy atom. The van der Waals surface area contributed by atoms with Gasteiger partial charge in [0.2, 0.25) is 0 Å². The maximum absolute atomic E-state index is 12.5. The normalized spacial score (nSPS) is 15.3. The van der Waals surface area contributed by atoms with Gasteiger partial charge in [0.1, 0.15) is 6.33 Å². The molecule has 1 aliphatic heterocycles. The number of carbonyl (C=O) groups is 1. The highest BCUT2D eigenvalue weighted by Gasteiger charge is 2.21. The van der Waals surface area contributed by atoms with Gasteiger partial charge in [-0.25, -0.2) is 4.68 Å². The first-order valence-electron chi connectivity index (χ1n) is 6.15. The predicted molar refractivity (Wildman–Crippen MR) is 77.4 cm³/mol. The van der Waals surface area contributed by atoms with E-state index < -0.39 is 0 Å². The van der Waals surface area contributed by atoms with Crippen molar-refractivity contribution in [2.75, 3.05) is 24.6 Å². The zero-order chi connectivity index (χ0) is 13.9. The molecule has 1 saturated heterocycles. The molecule has 0 N–H and O–H groups in total. The summed E-state index contributed by atoms with van der Waals surface area (Å²) in [6.45, 7) is 1.52. The average molecular weight is 310 g/mol. The molecule has 20 heavy (non-hydrogen) atoms. The second-order valence-corrected chi connectivity index (χ2v) is 5.96. The van der Waals surface area contributed by atoms with Crippen molar-refractivity contribution < 1.29 is 4.79 Å². The number of carbonyl (C=O) groups excluding carboxylic acids is 1. The number of rotatable bonds is 2. The van der Waals surface area contributed by atoms with Crippen LogP contribution in [0.25, 0.3) is 5.69 Å². The van der Waals surface area contributed by atoms with E-state index in [-0.39, 0.29) is 5.91 Å². The molecule has 0 radical (unpaired) electrons. The number of hydrogen-bond donors (Lipinski definition) is 0. The summed E-state index contributed by atoms with van der Waals surface area (Å²) in [6, 6.07) is 5.20. The first-order valence-corrected chi connectivity index (χ1v) is 7.69. The maximum atomic E-state index is 12.5. The number of benzene rings is 1. The second-order valence-electron chi connectivity index (χ2n) is 4.32. The van der Waals surface area contributed by atoms with Crippen LogP contribution in [0.5, 0.6) is 0 Å². The monoisotopic (exact) mass is 309 g/mol. The molecule has 3 rings (SSSR count). The molecule has 1 fully saturated rings. The molecular formula is C12H12ClN5OS. The van der Waals surface area contributed by atoms with Crippen LogP contribution in [0.3, 0.4) is 0 Å². The summed E-state index contributed by atoms with van der Waals surface area (Å²) in [5, 5.41) is 11.4. The summed E-state index contributed by atoms with van der Waals surface area (Å²) in [7, 11) is 0. The van der Waals surface area contributed by atoms with Gasteiger partial charge < -0.3 is 4.90 Å². The number of hydrogen-bond acceptors (Lipinski definition) is 5. The Kier molecular flexibility index (Phi) is 3.88.